The number of nitrogens with one attached hydrogen (secondary N) is 2. The van der Waals surface area contributed by atoms with Gasteiger partial charge in [0.1, 0.15) is 0 Å². The van der Waals surface area contributed by atoms with Crippen LogP contribution in [0.4, 0.5) is 0 Å². The molecule has 0 radical (unpaired) electrons. The second kappa shape index (κ2) is 9.07. The van der Waals surface area contributed by atoms with E-state index in [0.717, 1.165) is 24.8 Å². The third-order valence-corrected chi connectivity index (χ3v) is 4.52. The molecule has 6 heteroatoms. The summed E-state index contributed by atoms with van der Waals surface area (Å²) in [5.41, 5.74) is 7.19. The molecule has 0 saturated heterocycles. The smallest absolute Gasteiger partial charge is 0.276 e. The minimum absolute atomic E-state index is 0.204. The first-order valence-corrected chi connectivity index (χ1v) is 9.20. The van der Waals surface area contributed by atoms with Crippen molar-refractivity contribution in [2.45, 2.75) is 32.1 Å². The second-order valence-electron chi connectivity index (χ2n) is 6.35. The van der Waals surface area contributed by atoms with Gasteiger partial charge in [-0.3, -0.25) is 20.4 Å². The quantitative estimate of drug-likeness (QED) is 0.769. The monoisotopic (exact) mass is 368 g/mol. The zero-order valence-electron chi connectivity index (χ0n) is 15.4. The van der Waals surface area contributed by atoms with Crippen LogP contribution in [-0.4, -0.2) is 25.0 Å². The minimum Gasteiger partial charge on any atom is -0.490 e. The molecule has 2 amide bonds. The van der Waals surface area contributed by atoms with Crippen molar-refractivity contribution < 1.29 is 19.1 Å². The average Bonchev–Trinajstić information content (AvgIpc) is 2.71. The molecule has 1 aliphatic carbocycles. The number of hydrazine groups is 1. The lowest BCUT2D eigenvalue weighted by Gasteiger charge is -2.24. The maximum Gasteiger partial charge on any atom is 0.276 e. The second-order valence-corrected chi connectivity index (χ2v) is 6.35. The average molecular weight is 368 g/mol. The fourth-order valence-electron chi connectivity index (χ4n) is 3.27. The van der Waals surface area contributed by atoms with Crippen LogP contribution in [0.3, 0.4) is 0 Å². The minimum atomic E-state index is -0.432. The lowest BCUT2D eigenvalue weighted by molar-refractivity contribution is -0.130. The van der Waals surface area contributed by atoms with Gasteiger partial charge in [0.05, 0.1) is 12.5 Å². The summed E-state index contributed by atoms with van der Waals surface area (Å²) in [5.74, 6) is 0.191. The molecule has 0 fully saturated rings. The summed E-state index contributed by atoms with van der Waals surface area (Å²) in [5, 5.41) is 0. The number of para-hydroxylation sites is 2. The number of carbonyl (C=O) groups excluding carboxylic acids is 2. The van der Waals surface area contributed by atoms with Crippen LogP contribution in [0.5, 0.6) is 11.5 Å². The number of benzene rings is 2. The Labute approximate surface area is 158 Å². The van der Waals surface area contributed by atoms with E-state index in [-0.39, 0.29) is 18.4 Å². The van der Waals surface area contributed by atoms with Crippen molar-refractivity contribution >= 4 is 11.8 Å². The number of rotatable bonds is 6. The highest BCUT2D eigenvalue weighted by Crippen LogP contribution is 2.31. The van der Waals surface area contributed by atoms with E-state index in [1.807, 2.05) is 31.2 Å². The molecular weight excluding hydrogens is 344 g/mol. The molecule has 2 aromatic carbocycles. The van der Waals surface area contributed by atoms with Crippen molar-refractivity contribution in [1.29, 1.82) is 0 Å². The van der Waals surface area contributed by atoms with E-state index in [1.54, 1.807) is 18.2 Å². The third kappa shape index (κ3) is 4.78. The number of amides is 2. The number of ether oxygens (including phenoxy) is 2. The van der Waals surface area contributed by atoms with Gasteiger partial charge in [-0.05, 0) is 49.4 Å². The van der Waals surface area contributed by atoms with E-state index >= 15 is 0 Å². The number of aryl methyl sites for hydroxylation is 1. The molecule has 0 unspecified atom stereocenters. The molecule has 27 heavy (non-hydrogen) atoms. The summed E-state index contributed by atoms with van der Waals surface area (Å²) in [4.78, 5) is 24.5. The largest absolute Gasteiger partial charge is 0.490 e. The first kappa shape index (κ1) is 18.8. The van der Waals surface area contributed by atoms with Gasteiger partial charge in [0, 0.05) is 0 Å². The molecule has 0 saturated carbocycles. The molecule has 0 heterocycles. The Kier molecular flexibility index (Phi) is 6.30. The number of fused-ring (bicyclic) bond motifs is 1. The molecule has 0 bridgehead atoms. The van der Waals surface area contributed by atoms with Gasteiger partial charge in [0.25, 0.3) is 5.91 Å². The molecule has 142 valence electrons. The highest BCUT2D eigenvalue weighted by molar-refractivity contribution is 5.87. The summed E-state index contributed by atoms with van der Waals surface area (Å²) in [6, 6.07) is 15.1. The maximum absolute atomic E-state index is 12.5. The van der Waals surface area contributed by atoms with Gasteiger partial charge in [-0.2, -0.15) is 0 Å². The molecule has 0 spiro atoms. The van der Waals surface area contributed by atoms with Crippen molar-refractivity contribution in [3.8, 4) is 11.5 Å². The van der Waals surface area contributed by atoms with Gasteiger partial charge < -0.3 is 9.47 Å². The van der Waals surface area contributed by atoms with E-state index < -0.39 is 5.91 Å². The molecule has 2 aromatic rings. The molecule has 3 rings (SSSR count). The van der Waals surface area contributed by atoms with Crippen LogP contribution in [0.2, 0.25) is 0 Å². The molecule has 0 aliphatic heterocycles. The van der Waals surface area contributed by atoms with Crippen LogP contribution >= 0.6 is 0 Å². The van der Waals surface area contributed by atoms with Crippen LogP contribution in [0, 0.1) is 0 Å². The zero-order valence-corrected chi connectivity index (χ0v) is 15.4. The Bertz CT molecular complexity index is 806. The zero-order chi connectivity index (χ0) is 19.1. The molecule has 1 atom stereocenters. The van der Waals surface area contributed by atoms with Crippen molar-refractivity contribution in [1.82, 2.24) is 10.9 Å². The Morgan fingerprint density at radius 1 is 1.00 bits per heavy atom. The van der Waals surface area contributed by atoms with Crippen LogP contribution in [0.25, 0.3) is 0 Å². The highest BCUT2D eigenvalue weighted by Gasteiger charge is 2.26. The fourth-order valence-corrected chi connectivity index (χ4v) is 3.27. The van der Waals surface area contributed by atoms with Crippen molar-refractivity contribution in [3.05, 3.63) is 59.7 Å². The van der Waals surface area contributed by atoms with E-state index in [2.05, 4.69) is 16.9 Å². The van der Waals surface area contributed by atoms with Crippen molar-refractivity contribution in [3.63, 3.8) is 0 Å². The van der Waals surface area contributed by atoms with Gasteiger partial charge in [-0.1, -0.05) is 36.4 Å². The predicted molar refractivity (Wildman–Crippen MR) is 102 cm³/mol. The van der Waals surface area contributed by atoms with Gasteiger partial charge in [0.2, 0.25) is 5.91 Å². The lowest BCUT2D eigenvalue weighted by Crippen LogP contribution is -2.46. The number of hydrogen-bond acceptors (Lipinski definition) is 4. The lowest BCUT2D eigenvalue weighted by atomic mass is 9.82. The van der Waals surface area contributed by atoms with E-state index in [1.165, 1.54) is 5.56 Å². The summed E-state index contributed by atoms with van der Waals surface area (Å²) in [7, 11) is 0. The number of hydrogen-bond donors (Lipinski definition) is 2. The number of carbonyl (C=O) groups is 2. The molecular formula is C21H24N2O4. The van der Waals surface area contributed by atoms with Crippen LogP contribution in [0.15, 0.2) is 48.5 Å². The standard InChI is InChI=1S/C21H24N2O4/c1-2-26-18-12-5-6-13-19(18)27-14-20(24)22-23-21(25)17-11-7-9-15-8-3-4-10-16(15)17/h3-6,8,10,12-13,17H,2,7,9,11,14H2,1H3,(H,22,24)(H,23,25)/t17-/m1/s1. The van der Waals surface area contributed by atoms with Crippen LogP contribution in [0.1, 0.15) is 36.8 Å². The third-order valence-electron chi connectivity index (χ3n) is 4.52. The Morgan fingerprint density at radius 2 is 1.70 bits per heavy atom. The van der Waals surface area contributed by atoms with Crippen molar-refractivity contribution in [2.75, 3.05) is 13.2 Å². The van der Waals surface area contributed by atoms with Gasteiger partial charge in [-0.15, -0.1) is 0 Å². The Morgan fingerprint density at radius 3 is 2.48 bits per heavy atom. The van der Waals surface area contributed by atoms with Gasteiger partial charge in [0.15, 0.2) is 18.1 Å². The summed E-state index contributed by atoms with van der Waals surface area (Å²) >= 11 is 0. The molecule has 1 aliphatic rings. The first-order valence-electron chi connectivity index (χ1n) is 9.20. The SMILES string of the molecule is CCOc1ccccc1OCC(=O)NNC(=O)[C@@H]1CCCc2ccccc21. The van der Waals surface area contributed by atoms with E-state index in [4.69, 9.17) is 9.47 Å². The van der Waals surface area contributed by atoms with Crippen LogP contribution in [-0.2, 0) is 16.0 Å². The summed E-state index contributed by atoms with van der Waals surface area (Å²) in [6.07, 6.45) is 2.72. The molecule has 2 N–H and O–H groups in total. The first-order chi connectivity index (χ1) is 13.2. The van der Waals surface area contributed by atoms with Gasteiger partial charge >= 0.3 is 0 Å². The van der Waals surface area contributed by atoms with E-state index in [0.29, 0.717) is 18.1 Å². The van der Waals surface area contributed by atoms with Crippen molar-refractivity contribution in [2.24, 2.45) is 0 Å². The highest BCUT2D eigenvalue weighted by atomic mass is 16.5. The summed E-state index contributed by atoms with van der Waals surface area (Å²) < 4.78 is 11.0. The predicted octanol–water partition coefficient (Wildman–Crippen LogP) is 2.73. The Balaban J connectivity index is 1.51. The maximum atomic E-state index is 12.5. The molecule has 6 nitrogen and oxygen atoms in total. The fraction of sp³-hybridized carbons (Fsp3) is 0.333. The van der Waals surface area contributed by atoms with Crippen LogP contribution < -0.4 is 20.3 Å². The topological polar surface area (TPSA) is 76.7 Å². The Hall–Kier alpha value is -3.02. The summed E-state index contributed by atoms with van der Waals surface area (Å²) in [6.45, 7) is 2.17. The van der Waals surface area contributed by atoms with E-state index in [9.17, 15) is 9.59 Å². The normalized spacial score (nSPS) is 15.4. The molecule has 0 aromatic heterocycles. The van der Waals surface area contributed by atoms with Gasteiger partial charge in [-0.25, -0.2) is 0 Å².